The van der Waals surface area contributed by atoms with Crippen LogP contribution in [-0.2, 0) is 22.4 Å². The summed E-state index contributed by atoms with van der Waals surface area (Å²) < 4.78 is 9.84. The van der Waals surface area contributed by atoms with Gasteiger partial charge in [-0.2, -0.15) is 0 Å². The Morgan fingerprint density at radius 3 is 2.65 bits per heavy atom. The fourth-order valence-corrected chi connectivity index (χ4v) is 2.39. The Morgan fingerprint density at radius 1 is 1.29 bits per heavy atom. The SMILES string of the molecule is COC(=O)C(O)c1ccc(OC)c2c1CCC2. The first kappa shape index (κ1) is 11.9. The monoisotopic (exact) mass is 236 g/mol. The molecule has 0 radical (unpaired) electrons. The molecule has 0 bridgehead atoms. The molecule has 1 atom stereocenters. The molecule has 1 aromatic rings. The molecule has 1 aliphatic rings. The van der Waals surface area contributed by atoms with Crippen molar-refractivity contribution in [3.8, 4) is 5.75 Å². The van der Waals surface area contributed by atoms with E-state index in [4.69, 9.17) is 4.74 Å². The Bertz CT molecular complexity index is 439. The van der Waals surface area contributed by atoms with E-state index in [1.165, 1.54) is 7.11 Å². The van der Waals surface area contributed by atoms with Gasteiger partial charge in [0, 0.05) is 0 Å². The lowest BCUT2D eigenvalue weighted by Crippen LogP contribution is -2.15. The van der Waals surface area contributed by atoms with Crippen LogP contribution < -0.4 is 4.74 Å². The second-order valence-corrected chi connectivity index (χ2v) is 4.09. The van der Waals surface area contributed by atoms with E-state index in [1.807, 2.05) is 0 Å². The first-order valence-corrected chi connectivity index (χ1v) is 5.63. The summed E-state index contributed by atoms with van der Waals surface area (Å²) in [6.07, 6.45) is 1.63. The van der Waals surface area contributed by atoms with Crippen LogP contribution in [0.5, 0.6) is 5.75 Å². The molecular weight excluding hydrogens is 220 g/mol. The van der Waals surface area contributed by atoms with E-state index in [0.29, 0.717) is 5.56 Å². The highest BCUT2D eigenvalue weighted by atomic mass is 16.5. The minimum absolute atomic E-state index is 0.621. The van der Waals surface area contributed by atoms with Gasteiger partial charge in [0.05, 0.1) is 14.2 Å². The van der Waals surface area contributed by atoms with Crippen molar-refractivity contribution in [1.29, 1.82) is 0 Å². The highest BCUT2D eigenvalue weighted by Gasteiger charge is 2.26. The van der Waals surface area contributed by atoms with E-state index in [0.717, 1.165) is 36.1 Å². The first-order chi connectivity index (χ1) is 8.19. The third kappa shape index (κ3) is 2.00. The molecule has 1 aromatic carbocycles. The number of carbonyl (C=O) groups is 1. The average molecular weight is 236 g/mol. The quantitative estimate of drug-likeness (QED) is 0.806. The van der Waals surface area contributed by atoms with Gasteiger partial charge in [0.25, 0.3) is 0 Å². The zero-order chi connectivity index (χ0) is 12.4. The second-order valence-electron chi connectivity index (χ2n) is 4.09. The van der Waals surface area contributed by atoms with Gasteiger partial charge in [0.2, 0.25) is 0 Å². The summed E-state index contributed by atoms with van der Waals surface area (Å²) in [5.74, 6) is 0.211. The molecule has 0 saturated heterocycles. The van der Waals surface area contributed by atoms with Gasteiger partial charge in [-0.3, -0.25) is 0 Å². The first-order valence-electron chi connectivity index (χ1n) is 5.63. The predicted octanol–water partition coefficient (Wildman–Crippen LogP) is 1.39. The van der Waals surface area contributed by atoms with E-state index in [-0.39, 0.29) is 0 Å². The molecule has 17 heavy (non-hydrogen) atoms. The van der Waals surface area contributed by atoms with Crippen LogP contribution >= 0.6 is 0 Å². The van der Waals surface area contributed by atoms with Gasteiger partial charge in [-0.1, -0.05) is 6.07 Å². The minimum Gasteiger partial charge on any atom is -0.496 e. The van der Waals surface area contributed by atoms with Gasteiger partial charge in [0.15, 0.2) is 6.10 Å². The number of benzene rings is 1. The average Bonchev–Trinajstić information content (AvgIpc) is 2.84. The van der Waals surface area contributed by atoms with Gasteiger partial charge >= 0.3 is 5.97 Å². The Kier molecular flexibility index (Phi) is 3.33. The molecule has 0 spiro atoms. The molecule has 1 N–H and O–H groups in total. The summed E-state index contributed by atoms with van der Waals surface area (Å²) in [6, 6.07) is 3.54. The number of hydrogen-bond acceptors (Lipinski definition) is 4. The smallest absolute Gasteiger partial charge is 0.339 e. The van der Waals surface area contributed by atoms with Gasteiger partial charge in [-0.15, -0.1) is 0 Å². The summed E-state index contributed by atoms with van der Waals surface area (Å²) in [5.41, 5.74) is 2.78. The van der Waals surface area contributed by atoms with E-state index in [1.54, 1.807) is 19.2 Å². The van der Waals surface area contributed by atoms with Crippen molar-refractivity contribution in [2.24, 2.45) is 0 Å². The Hall–Kier alpha value is -1.55. The van der Waals surface area contributed by atoms with Crippen molar-refractivity contribution in [3.63, 3.8) is 0 Å². The van der Waals surface area contributed by atoms with Crippen molar-refractivity contribution in [3.05, 3.63) is 28.8 Å². The van der Waals surface area contributed by atoms with E-state index in [9.17, 15) is 9.90 Å². The molecule has 1 unspecified atom stereocenters. The van der Waals surface area contributed by atoms with E-state index >= 15 is 0 Å². The topological polar surface area (TPSA) is 55.8 Å². The maximum atomic E-state index is 11.4. The number of fused-ring (bicyclic) bond motifs is 1. The van der Waals surface area contributed by atoms with Crippen molar-refractivity contribution < 1.29 is 19.4 Å². The Balaban J connectivity index is 2.43. The number of esters is 1. The third-order valence-electron chi connectivity index (χ3n) is 3.22. The summed E-state index contributed by atoms with van der Waals surface area (Å²) in [7, 11) is 2.90. The molecule has 1 aliphatic carbocycles. The van der Waals surface area contributed by atoms with E-state index in [2.05, 4.69) is 4.74 Å². The highest BCUT2D eigenvalue weighted by molar-refractivity contribution is 5.77. The molecular formula is C13H16O4. The lowest BCUT2D eigenvalue weighted by molar-refractivity contribution is -0.150. The zero-order valence-corrected chi connectivity index (χ0v) is 10.0. The highest BCUT2D eigenvalue weighted by Crippen LogP contribution is 2.35. The van der Waals surface area contributed by atoms with Crippen molar-refractivity contribution in [2.75, 3.05) is 14.2 Å². The van der Waals surface area contributed by atoms with Crippen molar-refractivity contribution in [2.45, 2.75) is 25.4 Å². The number of methoxy groups -OCH3 is 2. The normalized spacial score (nSPS) is 15.2. The summed E-state index contributed by atoms with van der Waals surface area (Å²) >= 11 is 0. The number of ether oxygens (including phenoxy) is 2. The number of hydrogen-bond donors (Lipinski definition) is 1. The van der Waals surface area contributed by atoms with Crippen LogP contribution in [0.1, 0.15) is 29.2 Å². The predicted molar refractivity (Wildman–Crippen MR) is 62.0 cm³/mol. The van der Waals surface area contributed by atoms with Crippen LogP contribution in [0.3, 0.4) is 0 Å². The molecule has 0 fully saturated rings. The molecule has 0 amide bonds. The minimum atomic E-state index is -1.20. The van der Waals surface area contributed by atoms with Crippen molar-refractivity contribution >= 4 is 5.97 Å². The second kappa shape index (κ2) is 4.75. The molecule has 4 heteroatoms. The number of carbonyl (C=O) groups excluding carboxylic acids is 1. The fourth-order valence-electron chi connectivity index (χ4n) is 2.39. The maximum absolute atomic E-state index is 11.4. The molecule has 0 saturated carbocycles. The number of rotatable bonds is 3. The van der Waals surface area contributed by atoms with Gasteiger partial charge in [-0.25, -0.2) is 4.79 Å². The fraction of sp³-hybridized carbons (Fsp3) is 0.462. The molecule has 0 aromatic heterocycles. The van der Waals surface area contributed by atoms with Gasteiger partial charge in [-0.05, 0) is 42.0 Å². The number of aliphatic hydroxyl groups excluding tert-OH is 1. The van der Waals surface area contributed by atoms with E-state index < -0.39 is 12.1 Å². The largest absolute Gasteiger partial charge is 0.496 e. The third-order valence-corrected chi connectivity index (χ3v) is 3.22. The zero-order valence-electron chi connectivity index (χ0n) is 10.0. The van der Waals surface area contributed by atoms with Crippen LogP contribution in [-0.4, -0.2) is 25.3 Å². The molecule has 0 heterocycles. The van der Waals surface area contributed by atoms with Crippen LogP contribution in [0.2, 0.25) is 0 Å². The maximum Gasteiger partial charge on any atom is 0.339 e. The van der Waals surface area contributed by atoms with Gasteiger partial charge in [0.1, 0.15) is 5.75 Å². The Labute approximate surface area is 100 Å². The standard InChI is InChI=1S/C13H16O4/c1-16-11-7-6-10(12(14)13(15)17-2)8-4-3-5-9(8)11/h6-7,12,14H,3-5H2,1-2H3. The lowest BCUT2D eigenvalue weighted by atomic mass is 9.98. The summed E-state index contributed by atoms with van der Waals surface area (Å²) in [6.45, 7) is 0. The summed E-state index contributed by atoms with van der Waals surface area (Å²) in [5, 5.41) is 9.90. The number of aliphatic hydroxyl groups is 1. The molecule has 0 aliphatic heterocycles. The van der Waals surface area contributed by atoms with Crippen LogP contribution in [0, 0.1) is 0 Å². The van der Waals surface area contributed by atoms with Gasteiger partial charge < -0.3 is 14.6 Å². The lowest BCUT2D eigenvalue weighted by Gasteiger charge is -2.15. The Morgan fingerprint density at radius 2 is 2.00 bits per heavy atom. The molecule has 2 rings (SSSR count). The summed E-state index contributed by atoms with van der Waals surface area (Å²) in [4.78, 5) is 11.4. The van der Waals surface area contributed by atoms with Crippen LogP contribution in [0.4, 0.5) is 0 Å². The molecule has 92 valence electrons. The van der Waals surface area contributed by atoms with Crippen molar-refractivity contribution in [1.82, 2.24) is 0 Å². The van der Waals surface area contributed by atoms with Crippen LogP contribution in [0.15, 0.2) is 12.1 Å². The van der Waals surface area contributed by atoms with Crippen LogP contribution in [0.25, 0.3) is 0 Å². The molecule has 4 nitrogen and oxygen atoms in total.